The van der Waals surface area contributed by atoms with Gasteiger partial charge in [0.15, 0.2) is 11.4 Å². The van der Waals surface area contributed by atoms with Gasteiger partial charge in [0.2, 0.25) is 41.4 Å². The number of pyridine rings is 1. The van der Waals surface area contributed by atoms with E-state index in [2.05, 4.69) is 36.9 Å². The van der Waals surface area contributed by atoms with Crippen LogP contribution >= 0.6 is 0 Å². The van der Waals surface area contributed by atoms with Crippen molar-refractivity contribution in [2.45, 2.75) is 122 Å². The van der Waals surface area contributed by atoms with Gasteiger partial charge in [0.05, 0.1) is 54.9 Å². The molecule has 2 aliphatic carbocycles. The SMILES string of the molecule is CC[C@@]1(O)C(=O)OC(=O)C2=C1C=C1c3nc4cc(F)c(C)c5c4c(c3CN1C2)[C@@H](CC(=O)COCNC(=O)CNC(=O)[C@H](Cc1ccccc1)NC(=O)CNC(=O)Cn1cc(CNC(=O)C2CCC(CN3C(=O)CC(C)C3=O)CC2)nn1)CC5. The van der Waals surface area contributed by atoms with Crippen LogP contribution in [0, 0.1) is 30.5 Å². The van der Waals surface area contributed by atoms with Crippen molar-refractivity contribution in [3.8, 4) is 0 Å². The summed E-state index contributed by atoms with van der Waals surface area (Å²) < 4.78 is 27.2. The third-order valence-corrected chi connectivity index (χ3v) is 16.9. The van der Waals surface area contributed by atoms with Gasteiger partial charge in [0, 0.05) is 66.8 Å². The van der Waals surface area contributed by atoms with E-state index < -0.39 is 66.1 Å². The van der Waals surface area contributed by atoms with Gasteiger partial charge < -0.3 is 46.1 Å². The van der Waals surface area contributed by atoms with Gasteiger partial charge in [-0.1, -0.05) is 49.4 Å². The molecule has 6 heterocycles. The highest BCUT2D eigenvalue weighted by atomic mass is 19.1. The number of likely N-dealkylation sites (tertiary alicyclic amines) is 1. The number of amides is 7. The first-order chi connectivity index (χ1) is 40.3. The Morgan fingerprint density at radius 2 is 1.69 bits per heavy atom. The molecule has 4 aromatic rings. The van der Waals surface area contributed by atoms with Gasteiger partial charge in [-0.2, -0.15) is 0 Å². The maximum absolute atomic E-state index is 15.4. The predicted octanol–water partition coefficient (Wildman–Crippen LogP) is 1.52. The van der Waals surface area contributed by atoms with Crippen molar-refractivity contribution in [3.63, 3.8) is 0 Å². The van der Waals surface area contributed by atoms with E-state index in [-0.39, 0.29) is 117 Å². The van der Waals surface area contributed by atoms with Gasteiger partial charge in [-0.05, 0) is 92.0 Å². The number of benzene rings is 2. The molecule has 84 heavy (non-hydrogen) atoms. The van der Waals surface area contributed by atoms with Crippen LogP contribution in [-0.2, 0) is 89.9 Å². The van der Waals surface area contributed by atoms with Crippen LogP contribution in [0.1, 0.15) is 110 Å². The van der Waals surface area contributed by atoms with E-state index in [0.29, 0.717) is 72.5 Å². The lowest BCUT2D eigenvalue weighted by molar-refractivity contribution is -0.172. The lowest BCUT2D eigenvalue weighted by Gasteiger charge is -2.36. The molecule has 24 nitrogen and oxygen atoms in total. The molecule has 4 aliphatic heterocycles. The molecular weight excluding hydrogens is 1090 g/mol. The maximum atomic E-state index is 15.4. The summed E-state index contributed by atoms with van der Waals surface area (Å²) in [7, 11) is 0. The molecule has 4 atom stereocenters. The van der Waals surface area contributed by atoms with Gasteiger partial charge in [0.25, 0.3) is 0 Å². The molecular formula is C59H66FN11O13. The average molecular weight is 1160 g/mol. The molecule has 1 unspecified atom stereocenters. The standard InChI is InChI=1S/C59H66FN11O13/c1-4-59(82)42-19-46-53-41(27-69(46)26-40(42)57(80)84-58(59)81)51-36(14-15-39-32(3)43(60)20-44(66-53)52(39)51)18-38(72)29-83-30-64-47(73)22-63-55(78)45(17-33-8-6-5-7-9-33)65-48(74)23-61-49(75)28-70-25-37(67-68-70)21-62-54(77)35-12-10-34(11-13-35)24-71-50(76)16-31(2)56(71)79/h5-9,19-20,25,31,34-36,45,82H,4,10-18,21-24,26-30H2,1-3H3,(H,61,75)(H,62,77)(H,63,78)(H,64,73)(H,65,74)/t31?,34?,35?,36-,45+,59+/m1/s1. The van der Waals surface area contributed by atoms with E-state index in [0.717, 1.165) is 34.9 Å². The van der Waals surface area contributed by atoms with Gasteiger partial charge >= 0.3 is 11.9 Å². The first-order valence-corrected chi connectivity index (χ1v) is 28.4. The van der Waals surface area contributed by atoms with E-state index in [1.807, 2.05) is 4.90 Å². The number of carbonyl (C=O) groups is 10. The number of aryl methyl sites for hydroxylation is 1. The summed E-state index contributed by atoms with van der Waals surface area (Å²) in [5.41, 5.74) is 3.71. The van der Waals surface area contributed by atoms with Crippen LogP contribution in [0.3, 0.4) is 0 Å². The van der Waals surface area contributed by atoms with Gasteiger partial charge in [-0.15, -0.1) is 5.10 Å². The second kappa shape index (κ2) is 24.7. The van der Waals surface area contributed by atoms with Gasteiger partial charge in [-0.25, -0.2) is 23.6 Å². The van der Waals surface area contributed by atoms with Gasteiger partial charge in [-0.3, -0.25) is 43.3 Å². The Kier molecular flexibility index (Phi) is 17.2. The van der Waals surface area contributed by atoms with Crippen molar-refractivity contribution < 1.29 is 66.9 Å². The number of rotatable bonds is 22. The van der Waals surface area contributed by atoms with Crippen molar-refractivity contribution in [1.29, 1.82) is 0 Å². The summed E-state index contributed by atoms with van der Waals surface area (Å²) in [6.07, 6.45) is 7.05. The smallest absolute Gasteiger partial charge is 0.350 e. The Labute approximate surface area is 481 Å². The summed E-state index contributed by atoms with van der Waals surface area (Å²) in [5.74, 6) is -6.32. The number of ether oxygens (including phenoxy) is 2. The van der Waals surface area contributed by atoms with Crippen LogP contribution in [-0.4, -0.2) is 145 Å². The number of carbonyl (C=O) groups excluding carboxylic acids is 10. The molecule has 0 radical (unpaired) electrons. The number of aliphatic hydroxyl groups is 1. The quantitative estimate of drug-likeness (QED) is 0.0214. The van der Waals surface area contributed by atoms with Crippen LogP contribution in [0.25, 0.3) is 16.6 Å². The fourth-order valence-corrected chi connectivity index (χ4v) is 12.3. The van der Waals surface area contributed by atoms with Gasteiger partial charge in [0.1, 0.15) is 37.4 Å². The lowest BCUT2D eigenvalue weighted by atomic mass is 9.76. The Morgan fingerprint density at radius 1 is 0.929 bits per heavy atom. The van der Waals surface area contributed by atoms with Crippen LogP contribution < -0.4 is 26.6 Å². The largest absolute Gasteiger partial charge is 0.387 e. The van der Waals surface area contributed by atoms with E-state index in [1.54, 1.807) is 57.2 Å². The van der Waals surface area contributed by atoms with Crippen molar-refractivity contribution in [2.24, 2.45) is 17.8 Å². The number of aromatic nitrogens is 4. The summed E-state index contributed by atoms with van der Waals surface area (Å²) in [6.45, 7) is 3.83. The number of nitrogens with one attached hydrogen (secondary N) is 5. The van der Waals surface area contributed by atoms with E-state index >= 15 is 4.39 Å². The predicted molar refractivity (Wildman–Crippen MR) is 294 cm³/mol. The monoisotopic (exact) mass is 1160 g/mol. The minimum absolute atomic E-state index is 0.0334. The fraction of sp³-hybridized carbons (Fsp3) is 0.475. The zero-order valence-corrected chi connectivity index (χ0v) is 46.8. The number of hydrogen-bond donors (Lipinski definition) is 6. The highest BCUT2D eigenvalue weighted by Crippen LogP contribution is 2.49. The number of cyclic esters (lactones) is 2. The second-order valence-corrected chi connectivity index (χ2v) is 22.5. The molecule has 25 heteroatoms. The molecule has 6 N–H and O–H groups in total. The molecule has 442 valence electrons. The molecule has 1 saturated carbocycles. The normalized spacial score (nSPS) is 21.9. The third-order valence-electron chi connectivity index (χ3n) is 16.9. The number of imide groups is 1. The molecule has 10 rings (SSSR count). The topological polar surface area (TPSA) is 320 Å². The molecule has 6 aliphatic rings. The molecule has 7 amide bonds. The number of ketones is 1. The Balaban J connectivity index is 0.668. The van der Waals surface area contributed by atoms with Crippen LogP contribution in [0.2, 0.25) is 0 Å². The minimum atomic E-state index is -2.04. The van der Waals surface area contributed by atoms with Crippen LogP contribution in [0.4, 0.5) is 4.39 Å². The second-order valence-electron chi connectivity index (χ2n) is 22.5. The lowest BCUT2D eigenvalue weighted by Crippen LogP contribution is -2.52. The maximum Gasteiger partial charge on any atom is 0.350 e. The molecule has 0 spiro atoms. The highest BCUT2D eigenvalue weighted by molar-refractivity contribution is 6.08. The zero-order valence-electron chi connectivity index (χ0n) is 46.8. The minimum Gasteiger partial charge on any atom is -0.387 e. The van der Waals surface area contributed by atoms with Crippen molar-refractivity contribution in [2.75, 3.05) is 39.5 Å². The molecule has 0 bridgehead atoms. The van der Waals surface area contributed by atoms with Crippen molar-refractivity contribution >= 4 is 75.7 Å². The Morgan fingerprint density at radius 3 is 2.43 bits per heavy atom. The first kappa shape index (κ1) is 58.6. The number of hydrogen-bond acceptors (Lipinski definition) is 17. The van der Waals surface area contributed by atoms with E-state index in [4.69, 9.17) is 14.5 Å². The fourth-order valence-electron chi connectivity index (χ4n) is 12.3. The first-order valence-electron chi connectivity index (χ1n) is 28.4. The summed E-state index contributed by atoms with van der Waals surface area (Å²) >= 11 is 0. The van der Waals surface area contributed by atoms with Crippen molar-refractivity contribution in [3.05, 3.63) is 105 Å². The number of halogens is 1. The van der Waals surface area contributed by atoms with Crippen LogP contribution in [0.5, 0.6) is 0 Å². The zero-order chi connectivity index (χ0) is 59.6. The highest BCUT2D eigenvalue weighted by Gasteiger charge is 2.51. The summed E-state index contributed by atoms with van der Waals surface area (Å²) in [5, 5.41) is 33.2. The molecule has 2 fully saturated rings. The summed E-state index contributed by atoms with van der Waals surface area (Å²) in [4.78, 5) is 138. The Bertz CT molecular complexity index is 3450. The number of Topliss-reactive ketones (excluding diaryl/α,β-unsaturated/α-hetero) is 1. The number of esters is 2. The van der Waals surface area contributed by atoms with E-state index in [9.17, 15) is 53.1 Å². The molecule has 2 aromatic heterocycles. The molecule has 2 aromatic carbocycles. The summed E-state index contributed by atoms with van der Waals surface area (Å²) in [6, 6.07) is 9.06. The molecule has 1 saturated heterocycles. The van der Waals surface area contributed by atoms with Crippen molar-refractivity contribution in [1.82, 2.24) is 56.4 Å². The number of fused-ring (bicyclic) bond motifs is 4. The van der Waals surface area contributed by atoms with E-state index in [1.165, 1.54) is 21.8 Å². The third kappa shape index (κ3) is 12.4. The number of nitrogens with zero attached hydrogens (tertiary/aromatic N) is 6. The Hall–Kier alpha value is -8.58. The van der Waals surface area contributed by atoms with Crippen LogP contribution in [0.15, 0.2) is 59.8 Å². The average Bonchev–Trinajstić information content (AvgIpc) is 1.51.